The molecule has 2 heterocycles. The Morgan fingerprint density at radius 2 is 1.89 bits per heavy atom. The van der Waals surface area contributed by atoms with Crippen molar-refractivity contribution in [2.45, 2.75) is 6.61 Å². The van der Waals surface area contributed by atoms with E-state index < -0.39 is 17.1 Å². The summed E-state index contributed by atoms with van der Waals surface area (Å²) in [5.74, 6) is -0.0728. The van der Waals surface area contributed by atoms with Crippen LogP contribution in [0.4, 0.5) is 4.39 Å². The number of rotatable bonds is 4. The van der Waals surface area contributed by atoms with E-state index in [-0.39, 0.29) is 23.5 Å². The van der Waals surface area contributed by atoms with Crippen LogP contribution in [-0.2, 0) is 13.7 Å². The maximum Gasteiger partial charge on any atom is 0.327 e. The lowest BCUT2D eigenvalue weighted by atomic mass is 10.2. The highest BCUT2D eigenvalue weighted by molar-refractivity contribution is 5.76. The van der Waals surface area contributed by atoms with Crippen LogP contribution < -0.4 is 16.0 Å². The third-order valence-corrected chi connectivity index (χ3v) is 4.20. The van der Waals surface area contributed by atoms with E-state index in [0.29, 0.717) is 11.4 Å². The maximum absolute atomic E-state index is 14.5. The van der Waals surface area contributed by atoms with Gasteiger partial charge in [0.15, 0.2) is 22.7 Å². The van der Waals surface area contributed by atoms with Gasteiger partial charge in [-0.15, -0.1) is 0 Å². The Labute approximate surface area is 152 Å². The molecule has 0 unspecified atom stereocenters. The summed E-state index contributed by atoms with van der Waals surface area (Å²) in [5.41, 5.74) is 0.532. The molecule has 0 bridgehead atoms. The van der Waals surface area contributed by atoms with Gasteiger partial charge in [0.1, 0.15) is 12.4 Å². The zero-order valence-corrected chi connectivity index (χ0v) is 14.3. The van der Waals surface area contributed by atoms with Gasteiger partial charge in [-0.1, -0.05) is 30.3 Å². The van der Waals surface area contributed by atoms with Gasteiger partial charge in [-0.2, -0.15) is 0 Å². The minimum atomic E-state index is -0.645. The second-order valence-electron chi connectivity index (χ2n) is 6.02. The van der Waals surface area contributed by atoms with Gasteiger partial charge in [0.05, 0.1) is 0 Å². The van der Waals surface area contributed by atoms with Crippen molar-refractivity contribution in [1.29, 1.82) is 0 Å². The van der Waals surface area contributed by atoms with E-state index in [1.807, 2.05) is 30.3 Å². The summed E-state index contributed by atoms with van der Waals surface area (Å²) in [7, 11) is 1.62. The molecule has 7 nitrogen and oxygen atoms in total. The smallest absolute Gasteiger partial charge is 0.327 e. The maximum atomic E-state index is 14.5. The second-order valence-corrected chi connectivity index (χ2v) is 6.02. The van der Waals surface area contributed by atoms with Crippen molar-refractivity contribution in [1.82, 2.24) is 19.5 Å². The lowest BCUT2D eigenvalue weighted by Gasteiger charge is -2.09. The lowest BCUT2D eigenvalue weighted by molar-refractivity contribution is 0.290. The van der Waals surface area contributed by atoms with E-state index in [4.69, 9.17) is 4.74 Å². The number of aromatic amines is 2. The fraction of sp³-hybridized carbons (Fsp3) is 0.105. The normalized spacial score (nSPS) is 11.0. The highest BCUT2D eigenvalue weighted by Crippen LogP contribution is 2.26. The number of aromatic nitrogens is 4. The number of aryl methyl sites for hydroxylation is 1. The monoisotopic (exact) mass is 366 g/mol. The van der Waals surface area contributed by atoms with Crippen molar-refractivity contribution >= 4 is 11.2 Å². The van der Waals surface area contributed by atoms with Crippen LogP contribution >= 0.6 is 0 Å². The van der Waals surface area contributed by atoms with Crippen LogP contribution in [-0.4, -0.2) is 19.5 Å². The van der Waals surface area contributed by atoms with Gasteiger partial charge in [-0.25, -0.2) is 14.2 Å². The lowest BCUT2D eigenvalue weighted by Crippen LogP contribution is -2.22. The number of H-pyrrole nitrogens is 2. The predicted molar refractivity (Wildman–Crippen MR) is 98.1 cm³/mol. The molecule has 0 aliphatic carbocycles. The molecule has 2 aromatic carbocycles. The van der Waals surface area contributed by atoms with Crippen molar-refractivity contribution in [3.8, 4) is 17.1 Å². The van der Waals surface area contributed by atoms with E-state index in [9.17, 15) is 14.0 Å². The average molecular weight is 366 g/mol. The van der Waals surface area contributed by atoms with E-state index in [1.165, 1.54) is 16.7 Å². The highest BCUT2D eigenvalue weighted by Gasteiger charge is 2.15. The van der Waals surface area contributed by atoms with Crippen LogP contribution in [0.5, 0.6) is 5.75 Å². The predicted octanol–water partition coefficient (Wildman–Crippen LogP) is 2.33. The standard InChI is InChI=1S/C19H15FN4O3/c1-24-15-16(22-19(26)23-18(15)25)21-17(24)12-7-8-14(13(20)9-12)27-10-11-5-3-2-4-6-11/h2-9H,10H2,1H3,(H2,22,23,25,26). The number of hydrogen-bond donors (Lipinski definition) is 2. The summed E-state index contributed by atoms with van der Waals surface area (Å²) in [5, 5.41) is 0. The van der Waals surface area contributed by atoms with Crippen molar-refractivity contribution in [2.75, 3.05) is 0 Å². The molecule has 136 valence electrons. The third kappa shape index (κ3) is 3.12. The van der Waals surface area contributed by atoms with Gasteiger partial charge in [-0.3, -0.25) is 14.8 Å². The third-order valence-electron chi connectivity index (χ3n) is 4.20. The Balaban J connectivity index is 1.67. The molecule has 0 saturated carbocycles. The zero-order valence-electron chi connectivity index (χ0n) is 14.3. The van der Waals surface area contributed by atoms with Crippen LogP contribution in [0.2, 0.25) is 0 Å². The van der Waals surface area contributed by atoms with Gasteiger partial charge >= 0.3 is 5.69 Å². The Bertz CT molecular complexity index is 1240. The van der Waals surface area contributed by atoms with E-state index >= 15 is 0 Å². The SMILES string of the molecule is Cn1c(-c2ccc(OCc3ccccc3)c(F)c2)nc2[nH]c(=O)[nH]c(=O)c21. The summed E-state index contributed by atoms with van der Waals surface area (Å²) in [4.78, 5) is 32.3. The van der Waals surface area contributed by atoms with Crippen molar-refractivity contribution in [3.05, 3.63) is 80.7 Å². The summed E-state index contributed by atoms with van der Waals surface area (Å²) in [6.07, 6.45) is 0. The molecule has 4 rings (SSSR count). The molecule has 0 fully saturated rings. The molecule has 0 saturated heterocycles. The van der Waals surface area contributed by atoms with Crippen LogP contribution in [0.1, 0.15) is 5.56 Å². The molecule has 2 N–H and O–H groups in total. The fourth-order valence-electron chi connectivity index (χ4n) is 2.90. The van der Waals surface area contributed by atoms with Crippen molar-refractivity contribution in [2.24, 2.45) is 7.05 Å². The molecule has 0 aliphatic heterocycles. The Hall–Kier alpha value is -3.68. The first-order chi connectivity index (χ1) is 13.0. The first kappa shape index (κ1) is 16.8. The molecule has 0 amide bonds. The van der Waals surface area contributed by atoms with Gasteiger partial charge in [0, 0.05) is 12.6 Å². The molecule has 8 heteroatoms. The molecule has 0 radical (unpaired) electrons. The number of nitrogens with zero attached hydrogens (tertiary/aromatic N) is 2. The van der Waals surface area contributed by atoms with Gasteiger partial charge < -0.3 is 9.30 Å². The average Bonchev–Trinajstić information content (AvgIpc) is 2.98. The molecular formula is C19H15FN4O3. The van der Waals surface area contributed by atoms with Crippen LogP contribution in [0, 0.1) is 5.82 Å². The van der Waals surface area contributed by atoms with Crippen LogP contribution in [0.15, 0.2) is 58.1 Å². The molecule has 0 spiro atoms. The molecular weight excluding hydrogens is 351 g/mol. The highest BCUT2D eigenvalue weighted by atomic mass is 19.1. The van der Waals surface area contributed by atoms with Crippen molar-refractivity contribution < 1.29 is 9.13 Å². The number of ether oxygens (including phenoxy) is 1. The number of halogens is 1. The molecule has 0 atom stereocenters. The summed E-state index contributed by atoms with van der Waals surface area (Å²) in [6, 6.07) is 13.9. The minimum Gasteiger partial charge on any atom is -0.486 e. The van der Waals surface area contributed by atoms with E-state index in [1.54, 1.807) is 13.1 Å². The summed E-state index contributed by atoms with van der Waals surface area (Å²) >= 11 is 0. The van der Waals surface area contributed by atoms with Gasteiger partial charge in [0.25, 0.3) is 5.56 Å². The Morgan fingerprint density at radius 1 is 1.11 bits per heavy atom. The summed E-state index contributed by atoms with van der Waals surface area (Å²) in [6.45, 7) is 0.250. The van der Waals surface area contributed by atoms with Gasteiger partial charge in [0.2, 0.25) is 0 Å². The molecule has 27 heavy (non-hydrogen) atoms. The minimum absolute atomic E-state index is 0.118. The topological polar surface area (TPSA) is 92.8 Å². The quantitative estimate of drug-likeness (QED) is 0.580. The molecule has 4 aromatic rings. The Kier molecular flexibility index (Phi) is 4.08. The first-order valence-electron chi connectivity index (χ1n) is 8.18. The number of fused-ring (bicyclic) bond motifs is 1. The number of imidazole rings is 1. The van der Waals surface area contributed by atoms with E-state index in [2.05, 4.69) is 15.0 Å². The van der Waals surface area contributed by atoms with E-state index in [0.717, 1.165) is 5.56 Å². The van der Waals surface area contributed by atoms with Crippen molar-refractivity contribution in [3.63, 3.8) is 0 Å². The van der Waals surface area contributed by atoms with Gasteiger partial charge in [-0.05, 0) is 23.8 Å². The number of hydrogen-bond acceptors (Lipinski definition) is 4. The number of nitrogens with one attached hydrogen (secondary N) is 2. The largest absolute Gasteiger partial charge is 0.486 e. The summed E-state index contributed by atoms with van der Waals surface area (Å²) < 4.78 is 21.5. The molecule has 0 aliphatic rings. The van der Waals surface area contributed by atoms with Crippen LogP contribution in [0.25, 0.3) is 22.6 Å². The van der Waals surface area contributed by atoms with Crippen LogP contribution in [0.3, 0.4) is 0 Å². The molecule has 2 aromatic heterocycles. The fourth-order valence-corrected chi connectivity index (χ4v) is 2.90. The second kappa shape index (κ2) is 6.56. The zero-order chi connectivity index (χ0) is 19.0. The number of benzene rings is 2. The first-order valence-corrected chi connectivity index (χ1v) is 8.18. The Morgan fingerprint density at radius 3 is 2.63 bits per heavy atom.